The Labute approximate surface area is 154 Å². The Balaban J connectivity index is 1.70. The summed E-state index contributed by atoms with van der Waals surface area (Å²) in [7, 11) is -1.46. The molecule has 2 fully saturated rings. The van der Waals surface area contributed by atoms with E-state index in [2.05, 4.69) is 7.05 Å². The van der Waals surface area contributed by atoms with Crippen molar-refractivity contribution in [2.75, 3.05) is 46.3 Å². The fraction of sp³-hybridized carbons (Fsp3) is 0.588. The molecule has 1 N–H and O–H groups in total. The third-order valence-corrected chi connectivity index (χ3v) is 7.24. The van der Waals surface area contributed by atoms with Crippen molar-refractivity contribution in [3.05, 3.63) is 29.3 Å². The summed E-state index contributed by atoms with van der Waals surface area (Å²) in [5, 5.41) is 0.503. The van der Waals surface area contributed by atoms with Crippen molar-refractivity contribution in [2.45, 2.75) is 17.7 Å². The Bertz CT molecular complexity index is 715. The Kier molecular flexibility index (Phi) is 5.68. The Hall–Kier alpha value is -1.15. The average molecular weight is 387 g/mol. The molecule has 1 atom stereocenters. The van der Waals surface area contributed by atoms with Crippen LogP contribution in [0.5, 0.6) is 0 Å². The van der Waals surface area contributed by atoms with Gasteiger partial charge < -0.3 is 9.80 Å². The number of nitrogens with zero attached hydrogens (tertiary/aromatic N) is 2. The molecule has 2 saturated heterocycles. The fourth-order valence-electron chi connectivity index (χ4n) is 3.48. The van der Waals surface area contributed by atoms with Crippen LogP contribution < -0.4 is 4.90 Å². The van der Waals surface area contributed by atoms with Crippen LogP contribution >= 0.6 is 11.6 Å². The maximum absolute atomic E-state index is 12.8. The molecule has 0 aromatic heterocycles. The van der Waals surface area contributed by atoms with Gasteiger partial charge in [0.25, 0.3) is 0 Å². The van der Waals surface area contributed by atoms with E-state index < -0.39 is 10.0 Å². The van der Waals surface area contributed by atoms with Gasteiger partial charge in [0.05, 0.1) is 44.0 Å². The number of rotatable bonds is 3. The van der Waals surface area contributed by atoms with E-state index in [9.17, 15) is 13.2 Å². The monoisotopic (exact) mass is 386 g/mol. The number of likely N-dealkylation sites (N-methyl/N-ethyl adjacent to an activating group) is 1. The second kappa shape index (κ2) is 7.61. The summed E-state index contributed by atoms with van der Waals surface area (Å²) in [5.74, 6) is -0.141. The summed E-state index contributed by atoms with van der Waals surface area (Å²) in [6, 6.07) is 6.19. The molecule has 6 nitrogen and oxygen atoms in total. The van der Waals surface area contributed by atoms with Gasteiger partial charge in [-0.15, -0.1) is 0 Å². The number of benzene rings is 1. The van der Waals surface area contributed by atoms with Crippen LogP contribution in [-0.4, -0.2) is 69.8 Å². The second-order valence-electron chi connectivity index (χ2n) is 6.94. The van der Waals surface area contributed by atoms with Gasteiger partial charge in [0.1, 0.15) is 0 Å². The van der Waals surface area contributed by atoms with E-state index in [-0.39, 0.29) is 23.3 Å². The highest BCUT2D eigenvalue weighted by Crippen LogP contribution is 2.25. The number of carbonyl (C=O) groups excluding carboxylic acids is 1. The zero-order valence-electron chi connectivity index (χ0n) is 14.4. The molecule has 1 aromatic rings. The number of piperazine rings is 1. The van der Waals surface area contributed by atoms with E-state index in [1.807, 2.05) is 4.90 Å². The number of halogens is 1. The lowest BCUT2D eigenvalue weighted by Gasteiger charge is -2.36. The van der Waals surface area contributed by atoms with Crippen molar-refractivity contribution in [3.63, 3.8) is 0 Å². The second-order valence-corrected chi connectivity index (χ2v) is 9.31. The number of sulfonamides is 1. The molecule has 1 aromatic carbocycles. The quantitative estimate of drug-likeness (QED) is 0.801. The van der Waals surface area contributed by atoms with Gasteiger partial charge in [-0.2, -0.15) is 4.31 Å². The molecule has 2 aliphatic heterocycles. The summed E-state index contributed by atoms with van der Waals surface area (Å²) in [6.07, 6.45) is 1.47. The fourth-order valence-corrected chi connectivity index (χ4v) is 5.13. The highest BCUT2D eigenvalue weighted by Gasteiger charge is 2.36. The normalized spacial score (nSPS) is 23.6. The Morgan fingerprint density at radius 2 is 1.80 bits per heavy atom. The van der Waals surface area contributed by atoms with Crippen LogP contribution in [0, 0.1) is 5.92 Å². The van der Waals surface area contributed by atoms with E-state index in [0.717, 1.165) is 32.6 Å². The maximum atomic E-state index is 12.8. The molecule has 1 amide bonds. The highest BCUT2D eigenvalue weighted by atomic mass is 35.5. The SMILES string of the molecule is C[NH+]1CCN(C(=O)[C@H]2CCCN(S(=O)(=O)c3ccc(Cl)cc3)C2)CC1. The molecule has 0 spiro atoms. The summed E-state index contributed by atoms with van der Waals surface area (Å²) in [5.41, 5.74) is 0. The van der Waals surface area contributed by atoms with Crippen LogP contribution in [0.25, 0.3) is 0 Å². The van der Waals surface area contributed by atoms with Crippen LogP contribution in [0.2, 0.25) is 5.02 Å². The standard InChI is InChI=1S/C17H24ClN3O3S/c1-19-9-11-20(12-10-19)17(22)14-3-2-8-21(13-14)25(23,24)16-6-4-15(18)5-7-16/h4-7,14H,2-3,8-13H2,1H3/p+1/t14-/m0/s1. The van der Waals surface area contributed by atoms with E-state index in [1.165, 1.54) is 21.3 Å². The molecule has 138 valence electrons. The number of amides is 1. The average Bonchev–Trinajstić information content (AvgIpc) is 2.62. The van der Waals surface area contributed by atoms with E-state index >= 15 is 0 Å². The topological polar surface area (TPSA) is 62.1 Å². The highest BCUT2D eigenvalue weighted by molar-refractivity contribution is 7.89. The van der Waals surface area contributed by atoms with Crippen LogP contribution in [0.15, 0.2) is 29.2 Å². The smallest absolute Gasteiger partial charge is 0.243 e. The zero-order valence-corrected chi connectivity index (χ0v) is 16.0. The Morgan fingerprint density at radius 1 is 1.16 bits per heavy atom. The van der Waals surface area contributed by atoms with Crippen LogP contribution in [0.1, 0.15) is 12.8 Å². The van der Waals surface area contributed by atoms with Gasteiger partial charge >= 0.3 is 0 Å². The molecule has 0 unspecified atom stereocenters. The minimum Gasteiger partial charge on any atom is -0.334 e. The van der Waals surface area contributed by atoms with Gasteiger partial charge in [-0.3, -0.25) is 4.79 Å². The Morgan fingerprint density at radius 3 is 2.44 bits per heavy atom. The molecule has 0 bridgehead atoms. The molecular formula is C17H25ClN3O3S+. The lowest BCUT2D eigenvalue weighted by Crippen LogP contribution is -3.12. The maximum Gasteiger partial charge on any atom is 0.243 e. The lowest BCUT2D eigenvalue weighted by atomic mass is 9.98. The predicted molar refractivity (Wildman–Crippen MR) is 96.1 cm³/mol. The third-order valence-electron chi connectivity index (χ3n) is 5.11. The summed E-state index contributed by atoms with van der Waals surface area (Å²) < 4.78 is 27.1. The van der Waals surface area contributed by atoms with Crippen LogP contribution in [-0.2, 0) is 14.8 Å². The summed E-state index contributed by atoms with van der Waals surface area (Å²) in [6.45, 7) is 4.14. The molecule has 0 aliphatic carbocycles. The van der Waals surface area contributed by atoms with Crippen molar-refractivity contribution < 1.29 is 18.1 Å². The van der Waals surface area contributed by atoms with Gasteiger partial charge in [0, 0.05) is 18.1 Å². The van der Waals surface area contributed by atoms with E-state index in [4.69, 9.17) is 11.6 Å². The number of quaternary nitrogens is 1. The molecular weight excluding hydrogens is 362 g/mol. The van der Waals surface area contributed by atoms with Gasteiger partial charge in [-0.05, 0) is 37.1 Å². The van der Waals surface area contributed by atoms with Crippen LogP contribution in [0.4, 0.5) is 0 Å². The van der Waals surface area contributed by atoms with Crippen molar-refractivity contribution in [1.82, 2.24) is 9.21 Å². The van der Waals surface area contributed by atoms with Crippen molar-refractivity contribution >= 4 is 27.5 Å². The lowest BCUT2D eigenvalue weighted by molar-refractivity contribution is -0.883. The summed E-state index contributed by atoms with van der Waals surface area (Å²) >= 11 is 5.85. The summed E-state index contributed by atoms with van der Waals surface area (Å²) in [4.78, 5) is 16.4. The van der Waals surface area contributed by atoms with Crippen molar-refractivity contribution in [3.8, 4) is 0 Å². The van der Waals surface area contributed by atoms with E-state index in [0.29, 0.717) is 18.0 Å². The first-order valence-electron chi connectivity index (χ1n) is 8.74. The minimum absolute atomic E-state index is 0.100. The molecule has 2 aliphatic rings. The van der Waals surface area contributed by atoms with Crippen molar-refractivity contribution in [2.24, 2.45) is 5.92 Å². The number of piperidine rings is 1. The number of nitrogens with one attached hydrogen (secondary N) is 1. The minimum atomic E-state index is -3.58. The molecule has 8 heteroatoms. The first-order chi connectivity index (χ1) is 11.9. The van der Waals surface area contributed by atoms with Gasteiger partial charge in [0.15, 0.2) is 0 Å². The van der Waals surface area contributed by atoms with Crippen molar-refractivity contribution in [1.29, 1.82) is 0 Å². The number of hydrogen-bond acceptors (Lipinski definition) is 3. The molecule has 0 radical (unpaired) electrons. The van der Waals surface area contributed by atoms with Gasteiger partial charge in [-0.25, -0.2) is 8.42 Å². The predicted octanol–water partition coefficient (Wildman–Crippen LogP) is 0.0976. The number of hydrogen-bond donors (Lipinski definition) is 1. The first kappa shape index (κ1) is 18.6. The zero-order chi connectivity index (χ0) is 18.0. The third kappa shape index (κ3) is 4.16. The number of carbonyl (C=O) groups is 1. The van der Waals surface area contributed by atoms with Gasteiger partial charge in [-0.1, -0.05) is 11.6 Å². The van der Waals surface area contributed by atoms with Gasteiger partial charge in [0.2, 0.25) is 15.9 Å². The molecule has 2 heterocycles. The van der Waals surface area contributed by atoms with E-state index in [1.54, 1.807) is 12.1 Å². The largest absolute Gasteiger partial charge is 0.334 e. The molecule has 3 rings (SSSR count). The molecule has 25 heavy (non-hydrogen) atoms. The van der Waals surface area contributed by atoms with Crippen LogP contribution in [0.3, 0.4) is 0 Å². The molecule has 0 saturated carbocycles. The first-order valence-corrected chi connectivity index (χ1v) is 10.6.